The van der Waals surface area contributed by atoms with Gasteiger partial charge in [0, 0.05) is 17.7 Å². The van der Waals surface area contributed by atoms with Gasteiger partial charge >= 0.3 is 5.97 Å². The molecule has 1 heterocycles. The number of aliphatic carboxylic acids is 1. The SMILES string of the molecule is O=C(O)C(F)C1CCCc2[nH]c(=O)ccc21. The molecule has 0 aliphatic heterocycles. The number of rotatable bonds is 2. The number of hydrogen-bond acceptors (Lipinski definition) is 2. The highest BCUT2D eigenvalue weighted by Gasteiger charge is 2.32. The lowest BCUT2D eigenvalue weighted by Crippen LogP contribution is -2.28. The summed E-state index contributed by atoms with van der Waals surface area (Å²) in [6.07, 6.45) is -0.0172. The summed E-state index contributed by atoms with van der Waals surface area (Å²) in [5.41, 5.74) is 1.07. The number of fused-ring (bicyclic) bond motifs is 1. The molecule has 2 N–H and O–H groups in total. The van der Waals surface area contributed by atoms with Gasteiger partial charge in [-0.25, -0.2) is 9.18 Å². The summed E-state index contributed by atoms with van der Waals surface area (Å²) in [4.78, 5) is 24.4. The van der Waals surface area contributed by atoms with Gasteiger partial charge in [-0.2, -0.15) is 0 Å². The Morgan fingerprint density at radius 2 is 2.31 bits per heavy atom. The molecular formula is C11H12FNO3. The third-order valence-corrected chi connectivity index (χ3v) is 2.97. The van der Waals surface area contributed by atoms with E-state index in [1.807, 2.05) is 0 Å². The van der Waals surface area contributed by atoms with Crippen molar-refractivity contribution in [2.24, 2.45) is 0 Å². The smallest absolute Gasteiger partial charge is 0.338 e. The number of carboxylic acid groups (broad SMARTS) is 1. The topological polar surface area (TPSA) is 70.2 Å². The van der Waals surface area contributed by atoms with E-state index in [0.717, 1.165) is 0 Å². The molecule has 0 saturated carbocycles. The third-order valence-electron chi connectivity index (χ3n) is 2.97. The molecule has 86 valence electrons. The number of alkyl halides is 1. The van der Waals surface area contributed by atoms with E-state index in [1.165, 1.54) is 12.1 Å². The first-order valence-electron chi connectivity index (χ1n) is 5.18. The monoisotopic (exact) mass is 225 g/mol. The first kappa shape index (κ1) is 10.9. The van der Waals surface area contributed by atoms with Crippen LogP contribution >= 0.6 is 0 Å². The molecule has 0 amide bonds. The summed E-state index contributed by atoms with van der Waals surface area (Å²) in [6, 6.07) is 2.85. The van der Waals surface area contributed by atoms with Crippen molar-refractivity contribution in [2.75, 3.05) is 0 Å². The Morgan fingerprint density at radius 3 is 3.00 bits per heavy atom. The van der Waals surface area contributed by atoms with Gasteiger partial charge < -0.3 is 10.1 Å². The maximum Gasteiger partial charge on any atom is 0.338 e. The zero-order chi connectivity index (χ0) is 11.7. The number of hydrogen-bond donors (Lipinski definition) is 2. The maximum absolute atomic E-state index is 13.5. The molecule has 4 nitrogen and oxygen atoms in total. The Morgan fingerprint density at radius 1 is 1.56 bits per heavy atom. The van der Waals surface area contributed by atoms with Crippen LogP contribution in [0.3, 0.4) is 0 Å². The highest BCUT2D eigenvalue weighted by Crippen LogP contribution is 2.33. The molecule has 1 aromatic rings. The zero-order valence-corrected chi connectivity index (χ0v) is 8.57. The number of aromatic nitrogens is 1. The van der Waals surface area contributed by atoms with Crippen molar-refractivity contribution in [1.82, 2.24) is 4.98 Å². The molecule has 0 saturated heterocycles. The van der Waals surface area contributed by atoms with Gasteiger partial charge in [0.15, 0.2) is 0 Å². The van der Waals surface area contributed by atoms with Crippen molar-refractivity contribution in [1.29, 1.82) is 0 Å². The number of aryl methyl sites for hydroxylation is 1. The summed E-state index contributed by atoms with van der Waals surface area (Å²) in [6.45, 7) is 0. The van der Waals surface area contributed by atoms with Crippen LogP contribution in [0, 0.1) is 0 Å². The van der Waals surface area contributed by atoms with Crippen LogP contribution in [-0.4, -0.2) is 22.2 Å². The van der Waals surface area contributed by atoms with E-state index in [2.05, 4.69) is 4.98 Å². The highest BCUT2D eigenvalue weighted by molar-refractivity contribution is 5.73. The molecule has 0 spiro atoms. The number of halogens is 1. The summed E-state index contributed by atoms with van der Waals surface area (Å²) >= 11 is 0. The van der Waals surface area contributed by atoms with Crippen molar-refractivity contribution in [3.63, 3.8) is 0 Å². The molecule has 1 aromatic heterocycles. The van der Waals surface area contributed by atoms with Gasteiger partial charge in [-0.15, -0.1) is 0 Å². The second-order valence-electron chi connectivity index (χ2n) is 4.00. The number of carbonyl (C=O) groups is 1. The van der Waals surface area contributed by atoms with Gasteiger partial charge in [-0.1, -0.05) is 6.07 Å². The van der Waals surface area contributed by atoms with Crippen LogP contribution in [0.5, 0.6) is 0 Å². The van der Waals surface area contributed by atoms with E-state index in [0.29, 0.717) is 30.5 Å². The summed E-state index contributed by atoms with van der Waals surface area (Å²) < 4.78 is 13.5. The van der Waals surface area contributed by atoms with Crippen LogP contribution in [0.15, 0.2) is 16.9 Å². The Hall–Kier alpha value is -1.65. The van der Waals surface area contributed by atoms with Gasteiger partial charge in [-0.3, -0.25) is 4.79 Å². The van der Waals surface area contributed by atoms with Crippen LogP contribution in [-0.2, 0) is 11.2 Å². The van der Waals surface area contributed by atoms with E-state index in [4.69, 9.17) is 5.11 Å². The van der Waals surface area contributed by atoms with Crippen molar-refractivity contribution in [2.45, 2.75) is 31.4 Å². The molecule has 0 bridgehead atoms. The number of nitrogens with one attached hydrogen (secondary N) is 1. The fourth-order valence-corrected chi connectivity index (χ4v) is 2.21. The quantitative estimate of drug-likeness (QED) is 0.795. The fourth-order valence-electron chi connectivity index (χ4n) is 2.21. The summed E-state index contributed by atoms with van der Waals surface area (Å²) in [5.74, 6) is -2.08. The molecule has 2 rings (SSSR count). The maximum atomic E-state index is 13.5. The Bertz CT molecular complexity index is 469. The summed E-state index contributed by atoms with van der Waals surface area (Å²) in [7, 11) is 0. The van der Waals surface area contributed by atoms with Crippen LogP contribution in [0.1, 0.15) is 30.0 Å². The van der Waals surface area contributed by atoms with Crippen molar-refractivity contribution in [3.8, 4) is 0 Å². The van der Waals surface area contributed by atoms with Gasteiger partial charge in [0.1, 0.15) is 0 Å². The molecule has 5 heteroatoms. The second kappa shape index (κ2) is 4.08. The minimum Gasteiger partial charge on any atom is -0.479 e. The number of pyridine rings is 1. The number of H-pyrrole nitrogens is 1. The molecular weight excluding hydrogens is 213 g/mol. The van der Waals surface area contributed by atoms with Crippen LogP contribution in [0.4, 0.5) is 4.39 Å². The molecule has 1 aliphatic carbocycles. The van der Waals surface area contributed by atoms with Gasteiger partial charge in [0.2, 0.25) is 11.7 Å². The Kier molecular flexibility index (Phi) is 2.77. The predicted molar refractivity (Wildman–Crippen MR) is 55.3 cm³/mol. The highest BCUT2D eigenvalue weighted by atomic mass is 19.1. The molecule has 16 heavy (non-hydrogen) atoms. The van der Waals surface area contributed by atoms with E-state index in [9.17, 15) is 14.0 Å². The first-order chi connectivity index (χ1) is 7.59. The minimum absolute atomic E-state index is 0.231. The van der Waals surface area contributed by atoms with Crippen LogP contribution in [0.25, 0.3) is 0 Å². The first-order valence-corrected chi connectivity index (χ1v) is 5.18. The average Bonchev–Trinajstić information content (AvgIpc) is 2.26. The lowest BCUT2D eigenvalue weighted by Gasteiger charge is -2.25. The molecule has 0 fully saturated rings. The van der Waals surface area contributed by atoms with Crippen LogP contribution < -0.4 is 5.56 Å². The van der Waals surface area contributed by atoms with Gasteiger partial charge in [0.25, 0.3) is 0 Å². The Balaban J connectivity index is 2.40. The number of aromatic amines is 1. The van der Waals surface area contributed by atoms with Gasteiger partial charge in [-0.05, 0) is 24.8 Å². The van der Waals surface area contributed by atoms with E-state index in [-0.39, 0.29) is 5.56 Å². The Labute approximate surface area is 91.1 Å². The average molecular weight is 225 g/mol. The van der Waals surface area contributed by atoms with Crippen molar-refractivity contribution < 1.29 is 14.3 Å². The van der Waals surface area contributed by atoms with Crippen molar-refractivity contribution >= 4 is 5.97 Å². The largest absolute Gasteiger partial charge is 0.479 e. The normalized spacial score (nSPS) is 21.2. The molecule has 2 unspecified atom stereocenters. The lowest BCUT2D eigenvalue weighted by molar-refractivity contribution is -0.143. The zero-order valence-electron chi connectivity index (χ0n) is 8.57. The minimum atomic E-state index is -1.90. The van der Waals surface area contributed by atoms with Crippen LogP contribution in [0.2, 0.25) is 0 Å². The number of carboxylic acids is 1. The summed E-state index contributed by atoms with van der Waals surface area (Å²) in [5, 5.41) is 8.67. The van der Waals surface area contributed by atoms with Crippen molar-refractivity contribution in [3.05, 3.63) is 33.7 Å². The fraction of sp³-hybridized carbons (Fsp3) is 0.455. The van der Waals surface area contributed by atoms with E-state index in [1.54, 1.807) is 0 Å². The van der Waals surface area contributed by atoms with E-state index < -0.39 is 18.1 Å². The third kappa shape index (κ3) is 1.85. The molecule has 2 atom stereocenters. The standard InChI is InChI=1S/C11H12FNO3/c12-10(11(15)16)7-2-1-3-8-6(7)4-5-9(14)13-8/h4-5,7,10H,1-3H2,(H,13,14)(H,15,16). The lowest BCUT2D eigenvalue weighted by atomic mass is 9.82. The predicted octanol–water partition coefficient (Wildman–Crippen LogP) is 1.22. The molecule has 1 aliphatic rings. The second-order valence-corrected chi connectivity index (χ2v) is 4.00. The van der Waals surface area contributed by atoms with Gasteiger partial charge in [0.05, 0.1) is 0 Å². The van der Waals surface area contributed by atoms with E-state index >= 15 is 0 Å². The molecule has 0 radical (unpaired) electrons. The molecule has 0 aromatic carbocycles.